The molecule has 0 amide bonds. The summed E-state index contributed by atoms with van der Waals surface area (Å²) in [6, 6.07) is 7.84. The first-order valence-electron chi connectivity index (χ1n) is 6.73. The lowest BCUT2D eigenvalue weighted by atomic mass is 10.0. The number of fused-ring (bicyclic) bond motifs is 3. The third-order valence-corrected chi connectivity index (χ3v) is 3.35. The minimum Gasteiger partial charge on any atom is -0.493 e. The van der Waals surface area contributed by atoms with Gasteiger partial charge in [0.05, 0.1) is 18.9 Å². The van der Waals surface area contributed by atoms with Gasteiger partial charge in [0.2, 0.25) is 0 Å². The van der Waals surface area contributed by atoms with E-state index < -0.39 is 0 Å². The van der Waals surface area contributed by atoms with Gasteiger partial charge in [-0.25, -0.2) is 9.97 Å². The van der Waals surface area contributed by atoms with E-state index >= 15 is 0 Å². The monoisotopic (exact) mass is 271 g/mol. The van der Waals surface area contributed by atoms with Crippen LogP contribution in [0.15, 0.2) is 30.6 Å². The fourth-order valence-corrected chi connectivity index (χ4v) is 2.34. The molecule has 0 radical (unpaired) electrons. The Hall–Kier alpha value is -2.14. The number of rotatable bonds is 3. The Balaban J connectivity index is 2.08. The van der Waals surface area contributed by atoms with Crippen molar-refractivity contribution in [2.24, 2.45) is 0 Å². The number of ether oxygens (including phenoxy) is 1. The smallest absolute Gasteiger partial charge is 0.133 e. The van der Waals surface area contributed by atoms with Gasteiger partial charge in [0, 0.05) is 23.6 Å². The first kappa shape index (κ1) is 12.9. The summed E-state index contributed by atoms with van der Waals surface area (Å²) in [5.74, 6) is 1.63. The molecule has 1 aliphatic rings. The molecule has 3 rings (SSSR count). The highest BCUT2D eigenvalue weighted by Crippen LogP contribution is 2.35. The van der Waals surface area contributed by atoms with Gasteiger partial charge in [-0.3, -0.25) is 0 Å². The Morgan fingerprint density at radius 3 is 3.05 bits per heavy atom. The first-order chi connectivity index (χ1) is 9.79. The molecule has 2 heterocycles. The van der Waals surface area contributed by atoms with Gasteiger partial charge >= 0.3 is 0 Å². The summed E-state index contributed by atoms with van der Waals surface area (Å²) in [5, 5.41) is 12.4. The van der Waals surface area contributed by atoms with Gasteiger partial charge in [-0.05, 0) is 19.1 Å². The van der Waals surface area contributed by atoms with E-state index in [0.717, 1.165) is 34.8 Å². The molecule has 0 bridgehead atoms. The van der Waals surface area contributed by atoms with Crippen LogP contribution in [0.25, 0.3) is 11.3 Å². The first-order valence-corrected chi connectivity index (χ1v) is 6.73. The number of hydrogen-bond acceptors (Lipinski definition) is 5. The third-order valence-electron chi connectivity index (χ3n) is 3.35. The van der Waals surface area contributed by atoms with E-state index in [1.54, 1.807) is 6.33 Å². The highest BCUT2D eigenvalue weighted by atomic mass is 16.5. The fourth-order valence-electron chi connectivity index (χ4n) is 2.34. The van der Waals surface area contributed by atoms with E-state index in [1.165, 1.54) is 0 Å². The van der Waals surface area contributed by atoms with Gasteiger partial charge < -0.3 is 15.2 Å². The second-order valence-corrected chi connectivity index (χ2v) is 4.87. The maximum atomic E-state index is 9.18. The van der Waals surface area contributed by atoms with Crippen molar-refractivity contribution in [1.82, 2.24) is 9.97 Å². The largest absolute Gasteiger partial charge is 0.493 e. The van der Waals surface area contributed by atoms with Gasteiger partial charge in [-0.2, -0.15) is 0 Å². The molecule has 1 aromatic carbocycles. The van der Waals surface area contributed by atoms with Crippen LogP contribution in [0.2, 0.25) is 0 Å². The summed E-state index contributed by atoms with van der Waals surface area (Å²) >= 11 is 0. The Kier molecular flexibility index (Phi) is 3.52. The lowest BCUT2D eigenvalue weighted by Crippen LogP contribution is -2.21. The topological polar surface area (TPSA) is 67.3 Å². The van der Waals surface area contributed by atoms with Gasteiger partial charge in [-0.1, -0.05) is 12.1 Å². The number of hydrogen-bond donors (Lipinski definition) is 2. The number of anilines is 1. The van der Waals surface area contributed by atoms with Gasteiger partial charge in [0.25, 0.3) is 0 Å². The number of nitrogens with zero attached hydrogens (tertiary/aromatic N) is 2. The zero-order valence-corrected chi connectivity index (χ0v) is 11.3. The number of aliphatic hydroxyl groups excluding tert-OH is 1. The lowest BCUT2D eigenvalue weighted by molar-refractivity contribution is 0.281. The summed E-state index contributed by atoms with van der Waals surface area (Å²) in [7, 11) is 0. The standard InChI is InChI=1S/C15H17N3O2/c1-10(8-19)18-15-12-6-7-20-13-5-3-2-4-11(13)14(12)16-9-17-15/h2-5,9-10,19H,6-8H2,1H3,(H,16,17,18). The van der Waals surface area contributed by atoms with Crippen LogP contribution in [0.3, 0.4) is 0 Å². The normalized spacial score (nSPS) is 14.5. The maximum absolute atomic E-state index is 9.18. The van der Waals surface area contributed by atoms with Gasteiger partial charge in [0.1, 0.15) is 17.9 Å². The molecule has 5 nitrogen and oxygen atoms in total. The number of nitrogens with one attached hydrogen (secondary N) is 1. The summed E-state index contributed by atoms with van der Waals surface area (Å²) < 4.78 is 5.77. The molecule has 0 saturated heterocycles. The zero-order valence-electron chi connectivity index (χ0n) is 11.3. The molecule has 1 aliphatic heterocycles. The van der Waals surface area contributed by atoms with Crippen LogP contribution in [0.5, 0.6) is 5.75 Å². The average Bonchev–Trinajstić information content (AvgIpc) is 2.67. The van der Waals surface area contributed by atoms with Gasteiger partial charge in [-0.15, -0.1) is 0 Å². The van der Waals surface area contributed by atoms with Crippen molar-refractivity contribution in [3.05, 3.63) is 36.2 Å². The molecule has 2 aromatic rings. The van der Waals surface area contributed by atoms with Crippen LogP contribution < -0.4 is 10.1 Å². The van der Waals surface area contributed by atoms with E-state index in [9.17, 15) is 5.11 Å². The molecule has 1 aromatic heterocycles. The van der Waals surface area contributed by atoms with Crippen LogP contribution in [0, 0.1) is 0 Å². The summed E-state index contributed by atoms with van der Waals surface area (Å²) in [6.45, 7) is 2.57. The number of aliphatic hydroxyl groups is 1. The Morgan fingerprint density at radius 2 is 2.20 bits per heavy atom. The molecule has 104 valence electrons. The second kappa shape index (κ2) is 5.46. The van der Waals surface area contributed by atoms with Crippen LogP contribution in [0.1, 0.15) is 12.5 Å². The van der Waals surface area contributed by atoms with Crippen molar-refractivity contribution in [2.75, 3.05) is 18.5 Å². The summed E-state index contributed by atoms with van der Waals surface area (Å²) in [6.07, 6.45) is 2.29. The minimum atomic E-state index is -0.0478. The van der Waals surface area contributed by atoms with Crippen LogP contribution in [-0.4, -0.2) is 34.3 Å². The van der Waals surface area contributed by atoms with Crippen molar-refractivity contribution >= 4 is 5.82 Å². The van der Waals surface area contributed by atoms with Crippen molar-refractivity contribution in [1.29, 1.82) is 0 Å². The highest BCUT2D eigenvalue weighted by molar-refractivity contribution is 5.74. The molecular weight excluding hydrogens is 254 g/mol. The Bertz CT molecular complexity index is 616. The van der Waals surface area contributed by atoms with Crippen LogP contribution >= 0.6 is 0 Å². The van der Waals surface area contributed by atoms with E-state index in [4.69, 9.17) is 4.74 Å². The average molecular weight is 271 g/mol. The predicted octanol–water partition coefficient (Wildman–Crippen LogP) is 1.87. The van der Waals surface area contributed by atoms with E-state index in [0.29, 0.717) is 6.61 Å². The number of para-hydroxylation sites is 1. The van der Waals surface area contributed by atoms with Crippen molar-refractivity contribution in [3.63, 3.8) is 0 Å². The highest BCUT2D eigenvalue weighted by Gasteiger charge is 2.20. The van der Waals surface area contributed by atoms with Crippen LogP contribution in [-0.2, 0) is 6.42 Å². The zero-order chi connectivity index (χ0) is 13.9. The molecule has 20 heavy (non-hydrogen) atoms. The predicted molar refractivity (Wildman–Crippen MR) is 76.8 cm³/mol. The molecule has 0 saturated carbocycles. The lowest BCUT2D eigenvalue weighted by Gasteiger charge is -2.15. The molecule has 0 aliphatic carbocycles. The van der Waals surface area contributed by atoms with E-state index in [2.05, 4.69) is 15.3 Å². The van der Waals surface area contributed by atoms with E-state index in [-0.39, 0.29) is 12.6 Å². The van der Waals surface area contributed by atoms with Crippen molar-refractivity contribution in [3.8, 4) is 17.0 Å². The van der Waals surface area contributed by atoms with Gasteiger partial charge in [0.15, 0.2) is 0 Å². The summed E-state index contributed by atoms with van der Waals surface area (Å²) in [4.78, 5) is 8.73. The maximum Gasteiger partial charge on any atom is 0.133 e. The number of benzene rings is 1. The molecule has 2 N–H and O–H groups in total. The molecular formula is C15H17N3O2. The molecule has 1 atom stereocenters. The quantitative estimate of drug-likeness (QED) is 0.892. The molecule has 5 heteroatoms. The van der Waals surface area contributed by atoms with E-state index in [1.807, 2.05) is 31.2 Å². The third kappa shape index (κ3) is 2.32. The fraction of sp³-hybridized carbons (Fsp3) is 0.333. The Labute approximate surface area is 117 Å². The SMILES string of the molecule is CC(CO)Nc1ncnc2c1CCOc1ccccc1-2. The summed E-state index contributed by atoms with van der Waals surface area (Å²) in [5.41, 5.74) is 2.93. The van der Waals surface area contributed by atoms with Crippen molar-refractivity contribution in [2.45, 2.75) is 19.4 Å². The second-order valence-electron chi connectivity index (χ2n) is 4.87. The van der Waals surface area contributed by atoms with Crippen LogP contribution in [0.4, 0.5) is 5.82 Å². The molecule has 0 fully saturated rings. The number of aromatic nitrogens is 2. The molecule has 0 spiro atoms. The molecule has 1 unspecified atom stereocenters. The van der Waals surface area contributed by atoms with Crippen molar-refractivity contribution < 1.29 is 9.84 Å². The Morgan fingerprint density at radius 1 is 1.35 bits per heavy atom. The minimum absolute atomic E-state index is 0.0478.